The second-order valence-corrected chi connectivity index (χ2v) is 6.94. The van der Waals surface area contributed by atoms with E-state index in [1.807, 2.05) is 4.90 Å². The molecule has 1 fully saturated rings. The Morgan fingerprint density at radius 1 is 1.22 bits per heavy atom. The second kappa shape index (κ2) is 10.3. The van der Waals surface area contributed by atoms with Crippen LogP contribution in [0.25, 0.3) is 0 Å². The largest absolute Gasteiger partial charge is 0.454 e. The van der Waals surface area contributed by atoms with Crippen LogP contribution in [0, 0.1) is 0 Å². The number of carbonyl (C=O) groups excluding carboxylic acids is 2. The van der Waals surface area contributed by atoms with Crippen LogP contribution in [0.3, 0.4) is 0 Å². The Morgan fingerprint density at radius 2 is 1.91 bits per heavy atom. The molecule has 1 aromatic carbocycles. The number of rotatable bonds is 7. The van der Waals surface area contributed by atoms with Gasteiger partial charge in [-0.25, -0.2) is 9.97 Å². The summed E-state index contributed by atoms with van der Waals surface area (Å²) in [7, 11) is 1.58. The molecule has 1 aliphatic rings. The van der Waals surface area contributed by atoms with E-state index < -0.39 is 30.2 Å². The summed E-state index contributed by atoms with van der Waals surface area (Å²) in [4.78, 5) is 35.6. The van der Waals surface area contributed by atoms with Gasteiger partial charge in [0.15, 0.2) is 6.61 Å². The Morgan fingerprint density at radius 3 is 2.56 bits per heavy atom. The zero-order valence-corrected chi connectivity index (χ0v) is 17.3. The van der Waals surface area contributed by atoms with Gasteiger partial charge in [0.2, 0.25) is 5.95 Å². The third-order valence-corrected chi connectivity index (χ3v) is 4.57. The van der Waals surface area contributed by atoms with Crippen LogP contribution < -0.4 is 15.1 Å². The van der Waals surface area contributed by atoms with Crippen molar-refractivity contribution in [1.29, 1.82) is 0 Å². The van der Waals surface area contributed by atoms with E-state index >= 15 is 0 Å². The minimum absolute atomic E-state index is 0.0161. The highest BCUT2D eigenvalue weighted by Crippen LogP contribution is 2.35. The first-order valence-corrected chi connectivity index (χ1v) is 9.71. The zero-order chi connectivity index (χ0) is 23.1. The SMILES string of the molecule is CN(CC(=O)OCC(=O)Nc1cc(C(F)(F)F)ccc1N1CCOCC1)c1ncccn1. The number of hydrogen-bond donors (Lipinski definition) is 1. The molecule has 0 bridgehead atoms. The lowest BCUT2D eigenvalue weighted by Crippen LogP contribution is -2.37. The van der Waals surface area contributed by atoms with Gasteiger partial charge in [0.1, 0.15) is 6.54 Å². The van der Waals surface area contributed by atoms with Gasteiger partial charge in [0.05, 0.1) is 30.2 Å². The van der Waals surface area contributed by atoms with Crippen LogP contribution in [0.2, 0.25) is 0 Å². The molecule has 2 heterocycles. The molecule has 0 spiro atoms. The van der Waals surface area contributed by atoms with Gasteiger partial charge in [-0.05, 0) is 24.3 Å². The van der Waals surface area contributed by atoms with E-state index in [-0.39, 0.29) is 12.2 Å². The van der Waals surface area contributed by atoms with Gasteiger partial charge in [-0.2, -0.15) is 13.2 Å². The van der Waals surface area contributed by atoms with E-state index in [4.69, 9.17) is 9.47 Å². The maximum absolute atomic E-state index is 13.2. The normalized spacial score (nSPS) is 14.1. The molecule has 1 amide bonds. The molecule has 0 aliphatic carbocycles. The number of esters is 1. The molecule has 0 radical (unpaired) electrons. The van der Waals surface area contributed by atoms with Crippen LogP contribution in [-0.2, 0) is 25.2 Å². The van der Waals surface area contributed by atoms with Crippen molar-refractivity contribution >= 4 is 29.2 Å². The van der Waals surface area contributed by atoms with Gasteiger partial charge in [-0.3, -0.25) is 9.59 Å². The number of halogens is 3. The van der Waals surface area contributed by atoms with E-state index in [1.165, 1.54) is 23.4 Å². The maximum Gasteiger partial charge on any atom is 0.416 e. The fourth-order valence-corrected chi connectivity index (χ4v) is 3.02. The lowest BCUT2D eigenvalue weighted by Gasteiger charge is -2.31. The topological polar surface area (TPSA) is 96.9 Å². The molecule has 172 valence electrons. The van der Waals surface area contributed by atoms with Crippen molar-refractivity contribution in [3.05, 3.63) is 42.2 Å². The van der Waals surface area contributed by atoms with Gasteiger partial charge in [-0.15, -0.1) is 0 Å². The Hall–Kier alpha value is -3.41. The number of anilines is 3. The van der Waals surface area contributed by atoms with Crippen molar-refractivity contribution in [2.45, 2.75) is 6.18 Å². The van der Waals surface area contributed by atoms with Crippen molar-refractivity contribution in [2.24, 2.45) is 0 Å². The Bertz CT molecular complexity index is 937. The molecular weight excluding hydrogens is 431 g/mol. The summed E-state index contributed by atoms with van der Waals surface area (Å²) in [5, 5.41) is 2.42. The van der Waals surface area contributed by atoms with Crippen LogP contribution in [0.5, 0.6) is 0 Å². The average Bonchev–Trinajstić information content (AvgIpc) is 2.78. The number of hydrogen-bond acceptors (Lipinski definition) is 8. The summed E-state index contributed by atoms with van der Waals surface area (Å²) in [6.45, 7) is 0.921. The van der Waals surface area contributed by atoms with Crippen LogP contribution in [0.15, 0.2) is 36.7 Å². The molecule has 2 aromatic rings. The maximum atomic E-state index is 13.2. The first-order chi connectivity index (χ1) is 15.2. The Balaban J connectivity index is 1.63. The second-order valence-electron chi connectivity index (χ2n) is 6.94. The molecule has 1 aromatic heterocycles. The predicted octanol–water partition coefficient (Wildman–Crippen LogP) is 1.95. The quantitative estimate of drug-likeness (QED) is 0.636. The van der Waals surface area contributed by atoms with E-state index in [0.717, 1.165) is 12.1 Å². The highest BCUT2D eigenvalue weighted by molar-refractivity contribution is 5.96. The number of amides is 1. The predicted molar refractivity (Wildman–Crippen MR) is 109 cm³/mol. The number of nitrogens with zero attached hydrogens (tertiary/aromatic N) is 4. The molecule has 0 saturated carbocycles. The number of likely N-dealkylation sites (N-methyl/N-ethyl adjacent to an activating group) is 1. The number of morpholine rings is 1. The van der Waals surface area contributed by atoms with Crippen LogP contribution in [0.4, 0.5) is 30.5 Å². The molecule has 1 N–H and O–H groups in total. The summed E-state index contributed by atoms with van der Waals surface area (Å²) in [5.74, 6) is -1.17. The fraction of sp³-hybridized carbons (Fsp3) is 0.400. The van der Waals surface area contributed by atoms with Crippen LogP contribution in [-0.4, -0.2) is 68.3 Å². The molecule has 1 aliphatic heterocycles. The van der Waals surface area contributed by atoms with E-state index in [2.05, 4.69) is 15.3 Å². The number of aromatic nitrogens is 2. The third-order valence-electron chi connectivity index (χ3n) is 4.57. The Kier molecular flexibility index (Phi) is 7.46. The minimum Gasteiger partial charge on any atom is -0.454 e. The molecule has 12 heteroatoms. The number of nitrogens with one attached hydrogen (secondary N) is 1. The molecule has 9 nitrogen and oxygen atoms in total. The van der Waals surface area contributed by atoms with Crippen molar-refractivity contribution in [2.75, 3.05) is 61.6 Å². The molecule has 32 heavy (non-hydrogen) atoms. The van der Waals surface area contributed by atoms with Gasteiger partial charge in [0.25, 0.3) is 5.91 Å². The summed E-state index contributed by atoms with van der Waals surface area (Å²) < 4.78 is 49.7. The molecule has 1 saturated heterocycles. The standard InChI is InChI=1S/C20H22F3N5O4/c1-27(19-24-5-2-6-25-19)12-18(30)32-13-17(29)26-15-11-14(20(21,22)23)3-4-16(15)28-7-9-31-10-8-28/h2-6,11H,7-10,12-13H2,1H3,(H,26,29). The average molecular weight is 453 g/mol. The van der Waals surface area contributed by atoms with Gasteiger partial charge in [-0.1, -0.05) is 0 Å². The summed E-state index contributed by atoms with van der Waals surface area (Å²) in [5.41, 5.74) is -0.481. The highest BCUT2D eigenvalue weighted by Gasteiger charge is 2.32. The lowest BCUT2D eigenvalue weighted by atomic mass is 10.1. The molecule has 0 unspecified atom stereocenters. The lowest BCUT2D eigenvalue weighted by molar-refractivity contribution is -0.145. The van der Waals surface area contributed by atoms with Gasteiger partial charge in [0, 0.05) is 32.5 Å². The van der Waals surface area contributed by atoms with E-state index in [1.54, 1.807) is 13.1 Å². The van der Waals surface area contributed by atoms with Crippen LogP contribution in [0.1, 0.15) is 5.56 Å². The van der Waals surface area contributed by atoms with Gasteiger partial charge < -0.3 is 24.6 Å². The smallest absolute Gasteiger partial charge is 0.416 e. The van der Waals surface area contributed by atoms with Crippen molar-refractivity contribution in [3.63, 3.8) is 0 Å². The van der Waals surface area contributed by atoms with E-state index in [0.29, 0.717) is 37.9 Å². The van der Waals surface area contributed by atoms with E-state index in [9.17, 15) is 22.8 Å². The summed E-state index contributed by atoms with van der Waals surface area (Å²) >= 11 is 0. The van der Waals surface area contributed by atoms with Gasteiger partial charge >= 0.3 is 12.1 Å². The van der Waals surface area contributed by atoms with Crippen LogP contribution >= 0.6 is 0 Å². The monoisotopic (exact) mass is 453 g/mol. The summed E-state index contributed by atoms with van der Waals surface area (Å²) in [6.07, 6.45) is -1.54. The molecular formula is C20H22F3N5O4. The third kappa shape index (κ3) is 6.30. The number of benzene rings is 1. The zero-order valence-electron chi connectivity index (χ0n) is 17.3. The first kappa shape index (κ1) is 23.3. The van der Waals surface area contributed by atoms with Crippen molar-refractivity contribution < 1.29 is 32.2 Å². The fourth-order valence-electron chi connectivity index (χ4n) is 3.02. The number of alkyl halides is 3. The Labute approximate surface area is 182 Å². The number of carbonyl (C=O) groups is 2. The first-order valence-electron chi connectivity index (χ1n) is 9.71. The molecule has 3 rings (SSSR count). The van der Waals surface area contributed by atoms with Crippen molar-refractivity contribution in [1.82, 2.24) is 9.97 Å². The molecule has 0 atom stereocenters. The highest BCUT2D eigenvalue weighted by atomic mass is 19.4. The van der Waals surface area contributed by atoms with Crippen molar-refractivity contribution in [3.8, 4) is 0 Å². The summed E-state index contributed by atoms with van der Waals surface area (Å²) in [6, 6.07) is 4.76. The minimum atomic E-state index is -4.57. The number of ether oxygens (including phenoxy) is 2.